The molecule has 0 aliphatic carbocycles. The van der Waals surface area contributed by atoms with E-state index < -0.39 is 35.7 Å². The fraction of sp³-hybridized carbons (Fsp3) is 0.300. The number of pyridine rings is 1. The minimum Gasteiger partial charge on any atom is -0.346 e. The number of benzene rings is 1. The summed E-state index contributed by atoms with van der Waals surface area (Å²) in [6.07, 6.45) is 1.68. The third kappa shape index (κ3) is 4.27. The number of alkyl halides is 1. The molecule has 160 valence electrons. The van der Waals surface area contributed by atoms with E-state index in [1.54, 1.807) is 0 Å². The van der Waals surface area contributed by atoms with Gasteiger partial charge in [-0.3, -0.25) is 4.79 Å². The Morgan fingerprint density at radius 3 is 2.73 bits per heavy atom. The van der Waals surface area contributed by atoms with Crippen molar-refractivity contribution in [2.75, 3.05) is 13.1 Å². The number of hydrogen-bond donors (Lipinski definition) is 2. The Morgan fingerprint density at radius 1 is 1.23 bits per heavy atom. The second kappa shape index (κ2) is 9.01. The van der Waals surface area contributed by atoms with E-state index >= 15 is 0 Å². The smallest absolute Gasteiger partial charge is 0.253 e. The number of rotatable bonds is 4. The summed E-state index contributed by atoms with van der Waals surface area (Å²) in [6, 6.07) is 3.90. The lowest BCUT2D eigenvalue weighted by atomic mass is 10.0. The summed E-state index contributed by atoms with van der Waals surface area (Å²) in [6.45, 7) is 0.662. The molecule has 1 unspecified atom stereocenters. The monoisotopic (exact) mass is 442 g/mol. The lowest BCUT2D eigenvalue weighted by molar-refractivity contribution is 0.0893. The second-order valence-corrected chi connectivity index (χ2v) is 7.00. The summed E-state index contributed by atoms with van der Waals surface area (Å²) in [5.41, 5.74) is 0.249. The van der Waals surface area contributed by atoms with Gasteiger partial charge in [0, 0.05) is 25.5 Å². The summed E-state index contributed by atoms with van der Waals surface area (Å²) < 4.78 is 57.9. The first-order chi connectivity index (χ1) is 13.9. The van der Waals surface area contributed by atoms with Gasteiger partial charge in [0.25, 0.3) is 5.91 Å². The number of carbonyl (C=O) groups excluding carboxylic acids is 1. The first-order valence-corrected chi connectivity index (χ1v) is 9.17. The highest BCUT2D eigenvalue weighted by Crippen LogP contribution is 2.28. The van der Waals surface area contributed by atoms with Crippen molar-refractivity contribution in [3.8, 4) is 0 Å². The maximum absolute atomic E-state index is 14.5. The summed E-state index contributed by atoms with van der Waals surface area (Å²) >= 11 is 0. The summed E-state index contributed by atoms with van der Waals surface area (Å²) in [5.74, 6) is -2.88. The zero-order valence-corrected chi connectivity index (χ0v) is 16.5. The van der Waals surface area contributed by atoms with E-state index in [0.29, 0.717) is 18.5 Å². The first-order valence-electron chi connectivity index (χ1n) is 9.17. The van der Waals surface area contributed by atoms with Gasteiger partial charge in [-0.05, 0) is 42.8 Å². The Balaban J connectivity index is 0.00000256. The van der Waals surface area contributed by atoms with Gasteiger partial charge in [-0.1, -0.05) is 0 Å². The molecule has 0 saturated carbocycles. The zero-order chi connectivity index (χ0) is 20.5. The van der Waals surface area contributed by atoms with Gasteiger partial charge in [-0.2, -0.15) is 4.39 Å². The van der Waals surface area contributed by atoms with Crippen molar-refractivity contribution in [1.82, 2.24) is 20.2 Å². The van der Waals surface area contributed by atoms with Crippen molar-refractivity contribution < 1.29 is 22.4 Å². The van der Waals surface area contributed by atoms with Crippen LogP contribution in [0.2, 0.25) is 0 Å². The van der Waals surface area contributed by atoms with E-state index in [4.69, 9.17) is 0 Å². The van der Waals surface area contributed by atoms with Crippen LogP contribution in [-0.2, 0) is 6.54 Å². The number of halogens is 5. The highest BCUT2D eigenvalue weighted by Gasteiger charge is 2.28. The molecule has 1 fully saturated rings. The van der Waals surface area contributed by atoms with E-state index in [1.165, 1.54) is 29.1 Å². The van der Waals surface area contributed by atoms with Crippen LogP contribution in [0, 0.1) is 17.6 Å². The van der Waals surface area contributed by atoms with Crippen molar-refractivity contribution in [2.24, 2.45) is 0 Å². The fourth-order valence-corrected chi connectivity index (χ4v) is 3.63. The van der Waals surface area contributed by atoms with Gasteiger partial charge in [0.05, 0.1) is 22.5 Å². The summed E-state index contributed by atoms with van der Waals surface area (Å²) in [5, 5.41) is 5.27. The van der Waals surface area contributed by atoms with Crippen molar-refractivity contribution >= 4 is 29.2 Å². The van der Waals surface area contributed by atoms with Gasteiger partial charge in [-0.25, -0.2) is 18.2 Å². The molecule has 2 atom stereocenters. The molecule has 0 radical (unpaired) electrons. The van der Waals surface area contributed by atoms with Gasteiger partial charge in [0.2, 0.25) is 5.95 Å². The van der Waals surface area contributed by atoms with Crippen LogP contribution in [0.1, 0.15) is 22.3 Å². The van der Waals surface area contributed by atoms with Crippen molar-refractivity contribution in [2.45, 2.75) is 25.2 Å². The van der Waals surface area contributed by atoms with Crippen LogP contribution in [0.25, 0.3) is 10.9 Å². The number of carbonyl (C=O) groups is 1. The van der Waals surface area contributed by atoms with Crippen LogP contribution in [0.4, 0.5) is 17.6 Å². The number of nitrogens with zero attached hydrogens (tertiary/aromatic N) is 2. The van der Waals surface area contributed by atoms with Gasteiger partial charge < -0.3 is 15.2 Å². The molecule has 0 spiro atoms. The van der Waals surface area contributed by atoms with Crippen LogP contribution in [0.15, 0.2) is 36.7 Å². The third-order valence-electron chi connectivity index (χ3n) is 5.03. The number of hydrogen-bond acceptors (Lipinski definition) is 3. The van der Waals surface area contributed by atoms with Crippen LogP contribution < -0.4 is 10.6 Å². The molecule has 1 amide bonds. The SMILES string of the molecule is Cl.O=C(NC1CCNC[C@@H]1F)c1cn(Cc2ccnc(F)c2)c2c(F)ccc(F)c12. The highest BCUT2D eigenvalue weighted by atomic mass is 35.5. The zero-order valence-electron chi connectivity index (χ0n) is 15.7. The van der Waals surface area contributed by atoms with Crippen molar-refractivity contribution in [3.05, 3.63) is 65.4 Å². The molecule has 3 heterocycles. The molecular formula is C20H19ClF4N4O. The number of fused-ring (bicyclic) bond motifs is 1. The highest BCUT2D eigenvalue weighted by molar-refractivity contribution is 6.07. The molecule has 2 N–H and O–H groups in total. The minimum atomic E-state index is -1.28. The normalized spacial score (nSPS) is 18.8. The topological polar surface area (TPSA) is 59.0 Å². The average molecular weight is 443 g/mol. The van der Waals surface area contributed by atoms with Crippen LogP contribution in [0.3, 0.4) is 0 Å². The molecule has 1 aliphatic heterocycles. The molecular weight excluding hydrogens is 424 g/mol. The summed E-state index contributed by atoms with van der Waals surface area (Å²) in [7, 11) is 0. The first kappa shape index (κ1) is 22.0. The molecule has 1 saturated heterocycles. The molecule has 1 aromatic carbocycles. The van der Waals surface area contributed by atoms with Crippen molar-refractivity contribution in [3.63, 3.8) is 0 Å². The largest absolute Gasteiger partial charge is 0.346 e. The molecule has 1 aliphatic rings. The van der Waals surface area contributed by atoms with E-state index in [-0.39, 0.29) is 42.0 Å². The molecule has 30 heavy (non-hydrogen) atoms. The lowest BCUT2D eigenvalue weighted by Crippen LogP contribution is -2.50. The molecule has 4 rings (SSSR count). The Hall–Kier alpha value is -2.65. The Labute approximate surface area is 175 Å². The van der Waals surface area contributed by atoms with E-state index in [9.17, 15) is 22.4 Å². The third-order valence-corrected chi connectivity index (χ3v) is 5.03. The lowest BCUT2D eigenvalue weighted by Gasteiger charge is -2.27. The van der Waals surface area contributed by atoms with Gasteiger partial charge >= 0.3 is 0 Å². The van der Waals surface area contributed by atoms with Crippen LogP contribution in [-0.4, -0.2) is 40.8 Å². The Bertz CT molecular complexity index is 1070. The minimum absolute atomic E-state index is 0. The molecule has 10 heteroatoms. The predicted molar refractivity (Wildman–Crippen MR) is 106 cm³/mol. The fourth-order valence-electron chi connectivity index (χ4n) is 3.63. The quantitative estimate of drug-likeness (QED) is 0.481. The molecule has 0 bridgehead atoms. The van der Waals surface area contributed by atoms with Crippen LogP contribution >= 0.6 is 12.4 Å². The number of amides is 1. The van der Waals surface area contributed by atoms with Gasteiger partial charge in [-0.15, -0.1) is 12.4 Å². The standard InChI is InChI=1S/C20H18F4N4O.ClH/c21-13-1-2-14(22)19-18(13)12(20(29)27-16-4-5-25-8-15(16)23)10-28(19)9-11-3-6-26-17(24)7-11;/h1-3,6-7,10,15-16,25H,4-5,8-9H2,(H,27,29);1H/t15-,16?;/m0./s1. The predicted octanol–water partition coefficient (Wildman–Crippen LogP) is 3.35. The number of nitrogens with one attached hydrogen (secondary N) is 2. The molecule has 3 aromatic rings. The maximum atomic E-state index is 14.5. The van der Waals surface area contributed by atoms with E-state index in [2.05, 4.69) is 15.6 Å². The van der Waals surface area contributed by atoms with E-state index in [0.717, 1.165) is 12.1 Å². The number of piperidine rings is 1. The van der Waals surface area contributed by atoms with E-state index in [1.807, 2.05) is 0 Å². The Morgan fingerprint density at radius 2 is 2.00 bits per heavy atom. The van der Waals surface area contributed by atoms with Gasteiger partial charge in [0.1, 0.15) is 17.8 Å². The van der Waals surface area contributed by atoms with Gasteiger partial charge in [0.15, 0.2) is 0 Å². The maximum Gasteiger partial charge on any atom is 0.253 e. The second-order valence-electron chi connectivity index (χ2n) is 7.00. The van der Waals surface area contributed by atoms with Crippen LogP contribution in [0.5, 0.6) is 0 Å². The number of aromatic nitrogens is 2. The Kier molecular flexibility index (Phi) is 6.62. The average Bonchev–Trinajstić information content (AvgIpc) is 3.07. The summed E-state index contributed by atoms with van der Waals surface area (Å²) in [4.78, 5) is 16.3. The molecule has 2 aromatic heterocycles. The molecule has 5 nitrogen and oxygen atoms in total. The van der Waals surface area contributed by atoms with Crippen molar-refractivity contribution in [1.29, 1.82) is 0 Å².